The predicted octanol–water partition coefficient (Wildman–Crippen LogP) is 3.94. The van der Waals surface area contributed by atoms with E-state index in [1.165, 1.54) is 29.3 Å². The number of nitrogens with zero attached hydrogens (tertiary/aromatic N) is 1. The Bertz CT molecular complexity index is 959. The van der Waals surface area contributed by atoms with Crippen LogP contribution in [0.2, 0.25) is 0 Å². The summed E-state index contributed by atoms with van der Waals surface area (Å²) in [6.07, 6.45) is 5.73. The molecule has 1 amide bonds. The molecule has 0 atom stereocenters. The molecule has 6 heteroatoms. The number of rotatable bonds is 8. The lowest BCUT2D eigenvalue weighted by molar-refractivity contribution is 0.0687. The van der Waals surface area contributed by atoms with Gasteiger partial charge in [0.05, 0.1) is 4.90 Å². The van der Waals surface area contributed by atoms with Gasteiger partial charge in [0.2, 0.25) is 10.0 Å². The number of hydrogen-bond acceptors (Lipinski definition) is 3. The van der Waals surface area contributed by atoms with Crippen LogP contribution in [0, 0.1) is 12.8 Å². The maximum Gasteiger partial charge on any atom is 0.253 e. The van der Waals surface area contributed by atoms with E-state index < -0.39 is 10.0 Å². The van der Waals surface area contributed by atoms with Gasteiger partial charge in [-0.25, -0.2) is 13.1 Å². The van der Waals surface area contributed by atoms with E-state index in [2.05, 4.69) is 42.5 Å². The van der Waals surface area contributed by atoms with Gasteiger partial charge in [0.1, 0.15) is 0 Å². The molecule has 160 valence electrons. The first kappa shape index (κ1) is 22.2. The summed E-state index contributed by atoms with van der Waals surface area (Å²) in [4.78, 5) is 14.8. The summed E-state index contributed by atoms with van der Waals surface area (Å²) in [5.74, 6) is 0.605. The van der Waals surface area contributed by atoms with Crippen molar-refractivity contribution in [1.29, 1.82) is 0 Å². The molecule has 0 radical (unpaired) electrons. The van der Waals surface area contributed by atoms with E-state index in [9.17, 15) is 13.2 Å². The van der Waals surface area contributed by atoms with Crippen molar-refractivity contribution in [3.05, 3.63) is 77.9 Å². The summed E-state index contributed by atoms with van der Waals surface area (Å²) in [5, 5.41) is 0. The number of carbonyl (C=O) groups is 1. The number of aryl methyl sites for hydroxylation is 2. The third-order valence-corrected chi connectivity index (χ3v) is 7.13. The van der Waals surface area contributed by atoms with Gasteiger partial charge in [-0.15, -0.1) is 6.58 Å². The second-order valence-electron chi connectivity index (χ2n) is 7.92. The van der Waals surface area contributed by atoms with Gasteiger partial charge in [-0.05, 0) is 68.4 Å². The molecule has 0 spiro atoms. The smallest absolute Gasteiger partial charge is 0.253 e. The molecule has 1 fully saturated rings. The number of carbonyl (C=O) groups excluding carboxylic acids is 1. The molecule has 0 unspecified atom stereocenters. The molecule has 2 aromatic carbocycles. The maximum absolute atomic E-state index is 12.8. The Hall–Kier alpha value is -2.44. The van der Waals surface area contributed by atoms with Gasteiger partial charge in [-0.3, -0.25) is 4.79 Å². The van der Waals surface area contributed by atoms with Gasteiger partial charge < -0.3 is 4.90 Å². The molecule has 1 saturated heterocycles. The highest BCUT2D eigenvalue weighted by Crippen LogP contribution is 2.24. The lowest BCUT2D eigenvalue weighted by Crippen LogP contribution is -2.38. The highest BCUT2D eigenvalue weighted by atomic mass is 32.2. The molecule has 0 bridgehead atoms. The lowest BCUT2D eigenvalue weighted by Gasteiger charge is -2.32. The predicted molar refractivity (Wildman–Crippen MR) is 120 cm³/mol. The summed E-state index contributed by atoms with van der Waals surface area (Å²) in [6, 6.07) is 14.9. The van der Waals surface area contributed by atoms with Gasteiger partial charge in [0.25, 0.3) is 5.91 Å². The summed E-state index contributed by atoms with van der Waals surface area (Å²) in [6.45, 7) is 7.27. The maximum atomic E-state index is 12.8. The van der Waals surface area contributed by atoms with Crippen molar-refractivity contribution in [2.24, 2.45) is 5.92 Å². The SMILES string of the molecule is C=CCNS(=O)(=O)c1ccc(C(=O)N2CCC(CCc3ccc(C)cc3)CC2)cc1. The number of benzene rings is 2. The minimum absolute atomic E-state index is 0.0324. The zero-order valence-electron chi connectivity index (χ0n) is 17.5. The summed E-state index contributed by atoms with van der Waals surface area (Å²) < 4.78 is 26.7. The number of likely N-dealkylation sites (tertiary alicyclic amines) is 1. The molecule has 1 aliphatic heterocycles. The Kier molecular flexibility index (Phi) is 7.45. The first-order chi connectivity index (χ1) is 14.4. The first-order valence-corrected chi connectivity index (χ1v) is 11.9. The van der Waals surface area contributed by atoms with Gasteiger partial charge in [0, 0.05) is 25.2 Å². The van der Waals surface area contributed by atoms with Crippen molar-refractivity contribution in [2.45, 2.75) is 37.5 Å². The molecule has 2 aromatic rings. The van der Waals surface area contributed by atoms with Crippen molar-refractivity contribution < 1.29 is 13.2 Å². The number of hydrogen-bond donors (Lipinski definition) is 1. The van der Waals surface area contributed by atoms with E-state index in [-0.39, 0.29) is 17.3 Å². The van der Waals surface area contributed by atoms with E-state index in [1.54, 1.807) is 12.1 Å². The van der Waals surface area contributed by atoms with Crippen molar-refractivity contribution in [1.82, 2.24) is 9.62 Å². The van der Waals surface area contributed by atoms with Crippen LogP contribution in [0.3, 0.4) is 0 Å². The molecular weight excluding hydrogens is 396 g/mol. The minimum Gasteiger partial charge on any atom is -0.339 e. The molecule has 1 heterocycles. The minimum atomic E-state index is -3.57. The zero-order valence-corrected chi connectivity index (χ0v) is 18.3. The van der Waals surface area contributed by atoms with Gasteiger partial charge in [-0.2, -0.15) is 0 Å². The summed E-state index contributed by atoms with van der Waals surface area (Å²) in [7, 11) is -3.57. The number of nitrogens with one attached hydrogen (secondary N) is 1. The molecule has 0 aliphatic carbocycles. The van der Waals surface area contributed by atoms with Crippen molar-refractivity contribution in [3.8, 4) is 0 Å². The molecule has 1 N–H and O–H groups in total. The molecule has 3 rings (SSSR count). The van der Waals surface area contributed by atoms with Crippen molar-refractivity contribution in [2.75, 3.05) is 19.6 Å². The molecule has 0 aromatic heterocycles. The fourth-order valence-electron chi connectivity index (χ4n) is 3.76. The molecule has 5 nitrogen and oxygen atoms in total. The monoisotopic (exact) mass is 426 g/mol. The van der Waals surface area contributed by atoms with E-state index in [4.69, 9.17) is 0 Å². The molecule has 1 aliphatic rings. The van der Waals surface area contributed by atoms with Crippen LogP contribution in [0.5, 0.6) is 0 Å². The highest BCUT2D eigenvalue weighted by Gasteiger charge is 2.24. The lowest BCUT2D eigenvalue weighted by atomic mass is 9.90. The Balaban J connectivity index is 1.51. The van der Waals surface area contributed by atoms with E-state index in [0.717, 1.165) is 38.8 Å². The van der Waals surface area contributed by atoms with Crippen LogP contribution in [0.4, 0.5) is 0 Å². The summed E-state index contributed by atoms with van der Waals surface area (Å²) in [5.41, 5.74) is 3.18. The van der Waals surface area contributed by atoms with Crippen LogP contribution in [0.25, 0.3) is 0 Å². The Labute approximate surface area is 179 Å². The van der Waals surface area contributed by atoms with E-state index in [0.29, 0.717) is 11.5 Å². The quantitative estimate of drug-likeness (QED) is 0.650. The summed E-state index contributed by atoms with van der Waals surface area (Å²) >= 11 is 0. The van der Waals surface area contributed by atoms with Crippen LogP contribution in [0.15, 0.2) is 66.1 Å². The number of piperidine rings is 1. The zero-order chi connectivity index (χ0) is 21.6. The van der Waals surface area contributed by atoms with Crippen LogP contribution >= 0.6 is 0 Å². The fourth-order valence-corrected chi connectivity index (χ4v) is 4.76. The van der Waals surface area contributed by atoms with Gasteiger partial charge in [-0.1, -0.05) is 35.9 Å². The fraction of sp³-hybridized carbons (Fsp3) is 0.375. The largest absolute Gasteiger partial charge is 0.339 e. The van der Waals surface area contributed by atoms with Crippen LogP contribution < -0.4 is 4.72 Å². The molecular formula is C24H30N2O3S. The van der Waals surface area contributed by atoms with Crippen molar-refractivity contribution in [3.63, 3.8) is 0 Å². The van der Waals surface area contributed by atoms with Gasteiger partial charge in [0.15, 0.2) is 0 Å². The number of amides is 1. The topological polar surface area (TPSA) is 66.5 Å². The highest BCUT2D eigenvalue weighted by molar-refractivity contribution is 7.89. The van der Waals surface area contributed by atoms with Gasteiger partial charge >= 0.3 is 0 Å². The average molecular weight is 427 g/mol. The van der Waals surface area contributed by atoms with Crippen LogP contribution in [0.1, 0.15) is 40.7 Å². The third-order valence-electron chi connectivity index (χ3n) is 5.69. The Morgan fingerprint density at radius 3 is 2.33 bits per heavy atom. The number of sulfonamides is 1. The third kappa shape index (κ3) is 5.80. The molecule has 0 saturated carbocycles. The van der Waals surface area contributed by atoms with E-state index >= 15 is 0 Å². The Morgan fingerprint density at radius 2 is 1.73 bits per heavy atom. The average Bonchev–Trinajstić information content (AvgIpc) is 2.77. The normalized spacial score (nSPS) is 15.2. The van der Waals surface area contributed by atoms with E-state index in [1.807, 2.05) is 4.90 Å². The standard InChI is InChI=1S/C24H30N2O3S/c1-3-16-25-30(28,29)23-12-10-22(11-13-23)24(27)26-17-14-21(15-18-26)9-8-20-6-4-19(2)5-7-20/h3-7,10-13,21,25H,1,8-9,14-18H2,2H3. The first-order valence-electron chi connectivity index (χ1n) is 10.4. The second-order valence-corrected chi connectivity index (χ2v) is 9.69. The van der Waals surface area contributed by atoms with Crippen LogP contribution in [-0.4, -0.2) is 38.9 Å². The Morgan fingerprint density at radius 1 is 1.10 bits per heavy atom. The second kappa shape index (κ2) is 10.0. The van der Waals surface area contributed by atoms with Crippen molar-refractivity contribution >= 4 is 15.9 Å². The molecule has 30 heavy (non-hydrogen) atoms. The van der Waals surface area contributed by atoms with Crippen LogP contribution in [-0.2, 0) is 16.4 Å².